The first-order chi connectivity index (χ1) is 58.3. The summed E-state index contributed by atoms with van der Waals surface area (Å²) in [6, 6.07) is 13.3. The summed E-state index contributed by atoms with van der Waals surface area (Å²) in [6.45, 7) is 9.68. The normalized spacial score (nSPS) is 11.3. The maximum Gasteiger partial charge on any atom is 0.420 e. The van der Waals surface area contributed by atoms with E-state index in [-0.39, 0.29) is 127 Å². The van der Waals surface area contributed by atoms with Gasteiger partial charge in [-0.3, -0.25) is 46.8 Å². The summed E-state index contributed by atoms with van der Waals surface area (Å²) in [6.07, 6.45) is -14.5. The number of aromatic nitrogens is 11. The van der Waals surface area contributed by atoms with Gasteiger partial charge in [0.1, 0.15) is 51.6 Å². The molecule has 0 unspecified atom stereocenters. The van der Waals surface area contributed by atoms with Crippen LogP contribution in [0.3, 0.4) is 0 Å². The second-order valence-corrected chi connectivity index (χ2v) is 26.0. The number of nitrogen functional groups attached to an aromatic ring is 1. The highest BCUT2D eigenvalue weighted by Gasteiger charge is 2.40. The van der Waals surface area contributed by atoms with Crippen LogP contribution in [-0.2, 0) is 64.5 Å². The lowest BCUT2D eigenvalue weighted by Gasteiger charge is -2.13. The van der Waals surface area contributed by atoms with Crippen molar-refractivity contribution in [1.29, 1.82) is 0 Å². The summed E-state index contributed by atoms with van der Waals surface area (Å²) in [7, 11) is 4.76. The van der Waals surface area contributed by atoms with Gasteiger partial charge in [0.25, 0.3) is 0 Å². The number of nitrogens with zero attached hydrogens (tertiary/aromatic N) is 11. The van der Waals surface area contributed by atoms with E-state index in [0.717, 1.165) is 127 Å². The fraction of sp³-hybridized carbons (Fsp3) is 0.263. The van der Waals surface area contributed by atoms with Gasteiger partial charge >= 0.3 is 36.9 Å². The number of hydrogen-bond donors (Lipinski definition) is 3. The number of fused-ring (bicyclic) bond motifs is 3. The van der Waals surface area contributed by atoms with Gasteiger partial charge in [0, 0.05) is 40.7 Å². The van der Waals surface area contributed by atoms with E-state index in [4.69, 9.17) is 10.5 Å². The van der Waals surface area contributed by atoms with Crippen molar-refractivity contribution in [2.24, 2.45) is 0 Å². The molecule has 0 fully saturated rings. The van der Waals surface area contributed by atoms with Crippen LogP contribution in [0.1, 0.15) is 175 Å². The standard InChI is InChI=1S/C17H13F4N3O2.C16H10BrF4N3O2.C16H11F4N3O2.C13H13F3O3.C10H9F3O2.C4H4FN3.C4H8O2/c1-3-12-14(24-8-10(18)7-22-16(24)23-12)15(25)9-4-5-13(26-2)11(6-9)17(19,20)21;1-2-11-12(24-6-8(18)5-22-15(24)23-11)13(25)7-3-9(16(19,20)21)14(26)10(17)4-7;1-2-11-13(23-7-9(17)6-21-15(23)22-11)14(25)8-3-4-12(24)10(5-8)16(18,19)20;1-3-9(17)7-11(18)8-4-5-12(19-2)10(6-8)13(14,15)16;1-6(14)7-3-4-9(15-2)8(5-7)10(11,12)13;5-3-1-7-4(6)8-2-3;1-3-4(5)6-2/h4-8H,3H2,1-2H3;3-6,26H,2H2,1H3;3-7,24H,2H2,1H3;4-6H,3,7H2,1-2H3;3-5H,1-2H3;1-2H,(H2,6,7,8);3H2,1-2H3. The first-order valence-corrected chi connectivity index (χ1v) is 36.5. The lowest BCUT2D eigenvalue weighted by atomic mass is 10.0. The predicted octanol–water partition coefficient (Wildman–Crippen LogP) is 18.2. The molecule has 0 radical (unpaired) electrons. The van der Waals surface area contributed by atoms with Crippen LogP contribution in [0.4, 0.5) is 89.4 Å². The molecule has 4 N–H and O–H groups in total. The van der Waals surface area contributed by atoms with Gasteiger partial charge in [-0.25, -0.2) is 57.4 Å². The second kappa shape index (κ2) is 42.5. The lowest BCUT2D eigenvalue weighted by molar-refractivity contribution is -0.140. The number of carbonyl (C=O) groups excluding carboxylic acids is 7. The molecule has 7 heterocycles. The van der Waals surface area contributed by atoms with Crippen LogP contribution < -0.4 is 19.9 Å². The van der Waals surface area contributed by atoms with Crippen LogP contribution in [0.2, 0.25) is 0 Å². The monoisotopic (exact) mass is 1840 g/mol. The molecule has 7 aromatic heterocycles. The Kier molecular flexibility index (Phi) is 34.1. The van der Waals surface area contributed by atoms with E-state index < -0.39 is 128 Å². The molecule has 0 amide bonds. The van der Waals surface area contributed by atoms with E-state index in [0.29, 0.717) is 49.2 Å². The van der Waals surface area contributed by atoms with E-state index in [1.807, 2.05) is 0 Å². The smallest absolute Gasteiger partial charge is 0.420 e. The number of phenols is 2. The van der Waals surface area contributed by atoms with Crippen LogP contribution >= 0.6 is 15.9 Å². The largest absolute Gasteiger partial charge is 0.507 e. The molecule has 0 aliphatic carbocycles. The van der Waals surface area contributed by atoms with E-state index in [1.165, 1.54) is 32.2 Å². The number of anilines is 1. The maximum absolute atomic E-state index is 13.5. The Labute approximate surface area is 702 Å². The third-order valence-corrected chi connectivity index (χ3v) is 17.4. The molecule has 0 aliphatic heterocycles. The topological polar surface area (TPSA) is 339 Å². The van der Waals surface area contributed by atoms with Crippen molar-refractivity contribution in [3.05, 3.63) is 252 Å². The zero-order valence-electron chi connectivity index (χ0n) is 66.4. The number of aryl methyl sites for hydroxylation is 3. The SMILES string of the molecule is CCC(=O)CC(=O)c1ccc(OC)c(C(F)(F)F)c1.CCC(=O)OC.CCc1nc2ncc(F)cn2c1C(=O)c1cc(Br)c(O)c(C(F)(F)F)c1.CCc1nc2ncc(F)cn2c1C(=O)c1ccc(O)c(C(F)(F)F)c1.CCc1nc2ncc(F)cn2c1C(=O)c1ccc(OC)c(C(F)(F)F)c1.COc1ccc(C(C)=O)cc1C(F)(F)F.Nc1ncc(F)cn1. The molecule has 0 saturated heterocycles. The van der Waals surface area contributed by atoms with Gasteiger partial charge in [0.2, 0.25) is 40.6 Å². The van der Waals surface area contributed by atoms with Crippen molar-refractivity contribution in [2.75, 3.05) is 34.2 Å². The zero-order valence-corrected chi connectivity index (χ0v) is 68.0. The van der Waals surface area contributed by atoms with Crippen LogP contribution in [-0.4, -0.2) is 132 Å². The summed E-state index contributed by atoms with van der Waals surface area (Å²) in [4.78, 5) is 113. The van der Waals surface area contributed by atoms with Crippen LogP contribution in [0, 0.1) is 23.3 Å². The Balaban J connectivity index is 0.000000234. The number of phenolic OH excluding ortho intramolecular Hbond substituents is 2. The molecule has 0 bridgehead atoms. The van der Waals surface area contributed by atoms with E-state index in [1.54, 1.807) is 34.6 Å². The van der Waals surface area contributed by atoms with Crippen LogP contribution in [0.25, 0.3) is 17.3 Å². The van der Waals surface area contributed by atoms with Gasteiger partial charge in [-0.15, -0.1) is 0 Å². The Morgan fingerprint density at radius 2 is 0.736 bits per heavy atom. The summed E-state index contributed by atoms with van der Waals surface area (Å²) in [5.41, 5.74) is -0.934. The number of Topliss-reactive ketones (excluding diaryl/α,β-unsaturated/α-hetero) is 3. The van der Waals surface area contributed by atoms with Crippen molar-refractivity contribution < 1.29 is 146 Å². The van der Waals surface area contributed by atoms with E-state index >= 15 is 0 Å². The number of benzene rings is 5. The number of imidazole rings is 3. The Morgan fingerprint density at radius 3 is 1.06 bits per heavy atom. The van der Waals surface area contributed by atoms with Crippen molar-refractivity contribution >= 4 is 79.9 Å². The molecule has 0 spiro atoms. The molecule has 125 heavy (non-hydrogen) atoms. The van der Waals surface area contributed by atoms with Crippen molar-refractivity contribution in [2.45, 2.75) is 111 Å². The first kappa shape index (κ1) is 100. The first-order valence-electron chi connectivity index (χ1n) is 35.7. The number of ether oxygens (including phenoxy) is 4. The fourth-order valence-electron chi connectivity index (χ4n) is 10.8. The number of ketones is 6. The fourth-order valence-corrected chi connectivity index (χ4v) is 11.2. The molecule has 5 aromatic carbocycles. The van der Waals surface area contributed by atoms with Gasteiger partial charge in [-0.2, -0.15) is 65.9 Å². The zero-order chi connectivity index (χ0) is 93.9. The minimum absolute atomic E-state index is 0.0168. The van der Waals surface area contributed by atoms with Gasteiger partial charge in [-0.1, -0.05) is 34.6 Å². The highest BCUT2D eigenvalue weighted by Crippen LogP contribution is 2.44. The van der Waals surface area contributed by atoms with Gasteiger partial charge in [-0.05, 0) is 127 Å². The minimum atomic E-state index is -4.86. The number of carbonyl (C=O) groups is 7. The molecular weight excluding hydrogens is 1780 g/mol. The number of nitrogens with two attached hydrogens (primary N) is 1. The maximum atomic E-state index is 13.5. The highest BCUT2D eigenvalue weighted by molar-refractivity contribution is 9.10. The highest BCUT2D eigenvalue weighted by atomic mass is 79.9. The summed E-state index contributed by atoms with van der Waals surface area (Å²) < 4.78 is 267. The molecule has 666 valence electrons. The molecule has 12 rings (SSSR count). The second-order valence-electron chi connectivity index (χ2n) is 25.2. The molecule has 0 aliphatic rings. The van der Waals surface area contributed by atoms with Crippen LogP contribution in [0.5, 0.6) is 28.7 Å². The van der Waals surface area contributed by atoms with E-state index in [9.17, 15) is 127 Å². The quantitative estimate of drug-likeness (QED) is 0.0311. The lowest BCUT2D eigenvalue weighted by Crippen LogP contribution is -2.12. The number of methoxy groups -OCH3 is 4. The third kappa shape index (κ3) is 26.0. The molecule has 45 heteroatoms. The van der Waals surface area contributed by atoms with Gasteiger partial charge in [0.15, 0.2) is 34.8 Å². The van der Waals surface area contributed by atoms with Crippen LogP contribution in [0.15, 0.2) is 139 Å². The summed E-state index contributed by atoms with van der Waals surface area (Å²) in [5.74, 6) is -9.14. The van der Waals surface area contributed by atoms with Crippen molar-refractivity contribution in [1.82, 2.24) is 53.1 Å². The number of rotatable bonds is 18. The number of aromatic hydroxyl groups is 2. The minimum Gasteiger partial charge on any atom is -0.507 e. The molecule has 25 nitrogen and oxygen atoms in total. The third-order valence-electron chi connectivity index (χ3n) is 16.8. The molecule has 0 saturated carbocycles. The Hall–Kier alpha value is -13.5. The van der Waals surface area contributed by atoms with E-state index in [2.05, 4.69) is 70.0 Å². The van der Waals surface area contributed by atoms with Gasteiger partial charge in [0.05, 0.1) is 134 Å². The number of halogens is 20. The van der Waals surface area contributed by atoms with Crippen molar-refractivity contribution in [3.8, 4) is 28.7 Å². The summed E-state index contributed by atoms with van der Waals surface area (Å²) >= 11 is 2.82. The number of alkyl halides is 15. The molecule has 0 atom stereocenters. The average molecular weight is 1850 g/mol. The predicted molar refractivity (Wildman–Crippen MR) is 408 cm³/mol. The number of hydrogen-bond acceptors (Lipinski definition) is 22. The molecular formula is C80H68BrF19N12O13. The Morgan fingerprint density at radius 1 is 0.416 bits per heavy atom. The number of esters is 1. The summed E-state index contributed by atoms with van der Waals surface area (Å²) in [5, 5.41) is 19.0. The van der Waals surface area contributed by atoms with Gasteiger partial charge < -0.3 is 34.9 Å². The Bertz CT molecular complexity index is 5910. The van der Waals surface area contributed by atoms with Crippen molar-refractivity contribution in [3.63, 3.8) is 0 Å². The molecule has 12 aromatic rings. The average Bonchev–Trinajstić information content (AvgIpc) is 1.64.